The van der Waals surface area contributed by atoms with E-state index in [1.807, 2.05) is 12.1 Å². The lowest BCUT2D eigenvalue weighted by atomic mass is 10.2. The summed E-state index contributed by atoms with van der Waals surface area (Å²) >= 11 is 0. The van der Waals surface area contributed by atoms with Gasteiger partial charge in [0.05, 0.1) is 23.3 Å². The van der Waals surface area contributed by atoms with Gasteiger partial charge >= 0.3 is 11.8 Å². The number of carbonyl (C=O) groups excluding carboxylic acids is 2. The molecule has 2 N–H and O–H groups in total. The molecule has 0 saturated carbocycles. The minimum Gasteiger partial charge on any atom is -0.318 e. The summed E-state index contributed by atoms with van der Waals surface area (Å²) in [5.41, 5.74) is 1.45. The van der Waals surface area contributed by atoms with Crippen LogP contribution in [0.15, 0.2) is 48.5 Å². The smallest absolute Gasteiger partial charge is 0.314 e. The van der Waals surface area contributed by atoms with Crippen LogP contribution in [-0.2, 0) is 9.59 Å². The van der Waals surface area contributed by atoms with Gasteiger partial charge in [-0.1, -0.05) is 12.1 Å². The topological polar surface area (TPSA) is 106 Å². The van der Waals surface area contributed by atoms with Crippen molar-refractivity contribution in [3.63, 3.8) is 0 Å². The molecule has 0 unspecified atom stereocenters. The molecule has 0 aromatic heterocycles. The van der Waals surface area contributed by atoms with Crippen molar-refractivity contribution >= 4 is 23.2 Å². The number of nitrogens with zero attached hydrogens (tertiary/aromatic N) is 2. The molecule has 6 heteroatoms. The van der Waals surface area contributed by atoms with Gasteiger partial charge < -0.3 is 10.6 Å². The Morgan fingerprint density at radius 3 is 1.55 bits per heavy atom. The zero-order valence-electron chi connectivity index (χ0n) is 11.3. The van der Waals surface area contributed by atoms with Crippen molar-refractivity contribution in [3.8, 4) is 12.1 Å². The second kappa shape index (κ2) is 6.69. The lowest BCUT2D eigenvalue weighted by Crippen LogP contribution is -2.29. The van der Waals surface area contributed by atoms with E-state index >= 15 is 0 Å². The van der Waals surface area contributed by atoms with E-state index in [-0.39, 0.29) is 0 Å². The van der Waals surface area contributed by atoms with Gasteiger partial charge in [0.1, 0.15) is 0 Å². The number of nitrogens with one attached hydrogen (secondary N) is 2. The zero-order valence-corrected chi connectivity index (χ0v) is 11.3. The lowest BCUT2D eigenvalue weighted by molar-refractivity contribution is -0.132. The molecule has 2 aromatic carbocycles. The van der Waals surface area contributed by atoms with Crippen LogP contribution in [-0.4, -0.2) is 11.8 Å². The first kappa shape index (κ1) is 14.8. The Balaban J connectivity index is 2.04. The van der Waals surface area contributed by atoms with Gasteiger partial charge in [0.25, 0.3) is 0 Å². The predicted octanol–water partition coefficient (Wildman–Crippen LogP) is 2.01. The molecule has 6 nitrogen and oxygen atoms in total. The maximum Gasteiger partial charge on any atom is 0.314 e. The largest absolute Gasteiger partial charge is 0.318 e. The van der Waals surface area contributed by atoms with Gasteiger partial charge in [0.15, 0.2) is 0 Å². The first-order chi connectivity index (χ1) is 10.6. The summed E-state index contributed by atoms with van der Waals surface area (Å²) in [5.74, 6) is -1.73. The molecule has 0 bridgehead atoms. The highest BCUT2D eigenvalue weighted by molar-refractivity contribution is 6.43. The third-order valence-electron chi connectivity index (χ3n) is 2.71. The fourth-order valence-corrected chi connectivity index (χ4v) is 1.71. The third kappa shape index (κ3) is 3.69. The van der Waals surface area contributed by atoms with Crippen molar-refractivity contribution in [2.24, 2.45) is 0 Å². The average molecular weight is 290 g/mol. The number of rotatable bonds is 2. The van der Waals surface area contributed by atoms with Crippen LogP contribution < -0.4 is 10.6 Å². The summed E-state index contributed by atoms with van der Waals surface area (Å²) in [6.07, 6.45) is 0. The van der Waals surface area contributed by atoms with E-state index in [1.54, 1.807) is 36.4 Å². The van der Waals surface area contributed by atoms with E-state index in [1.165, 1.54) is 12.1 Å². The van der Waals surface area contributed by atoms with Gasteiger partial charge in [-0.05, 0) is 36.4 Å². The van der Waals surface area contributed by atoms with E-state index in [2.05, 4.69) is 10.6 Å². The third-order valence-corrected chi connectivity index (χ3v) is 2.71. The molecule has 0 atom stereocenters. The molecule has 0 fully saturated rings. The van der Waals surface area contributed by atoms with Crippen LogP contribution in [0.1, 0.15) is 11.1 Å². The van der Waals surface area contributed by atoms with E-state index in [9.17, 15) is 9.59 Å². The monoisotopic (exact) mass is 290 g/mol. The van der Waals surface area contributed by atoms with E-state index in [0.29, 0.717) is 22.5 Å². The highest BCUT2D eigenvalue weighted by atomic mass is 16.2. The second-order valence-corrected chi connectivity index (χ2v) is 4.29. The quantitative estimate of drug-likeness (QED) is 0.825. The minimum absolute atomic E-state index is 0.352. The molecular weight excluding hydrogens is 280 g/mol. The highest BCUT2D eigenvalue weighted by Crippen LogP contribution is 2.11. The number of carbonyl (C=O) groups is 2. The molecule has 0 aliphatic rings. The van der Waals surface area contributed by atoms with Gasteiger partial charge in [-0.2, -0.15) is 10.5 Å². The maximum atomic E-state index is 11.8. The van der Waals surface area contributed by atoms with Crippen molar-refractivity contribution in [2.75, 3.05) is 10.6 Å². The molecule has 22 heavy (non-hydrogen) atoms. The molecule has 106 valence electrons. The fraction of sp³-hybridized carbons (Fsp3) is 0. The first-order valence-corrected chi connectivity index (χ1v) is 6.25. The number of nitriles is 2. The van der Waals surface area contributed by atoms with Crippen LogP contribution in [0.4, 0.5) is 11.4 Å². The van der Waals surface area contributed by atoms with Gasteiger partial charge in [-0.15, -0.1) is 0 Å². The summed E-state index contributed by atoms with van der Waals surface area (Å²) < 4.78 is 0. The van der Waals surface area contributed by atoms with Crippen LogP contribution in [0.3, 0.4) is 0 Å². The Hall–Kier alpha value is -3.64. The van der Waals surface area contributed by atoms with Crippen LogP contribution in [0, 0.1) is 22.7 Å². The van der Waals surface area contributed by atoms with Crippen molar-refractivity contribution in [2.45, 2.75) is 0 Å². The molecule has 0 aliphatic carbocycles. The first-order valence-electron chi connectivity index (χ1n) is 6.25. The lowest BCUT2D eigenvalue weighted by Gasteiger charge is -2.07. The molecule has 0 heterocycles. The summed E-state index contributed by atoms with van der Waals surface area (Å²) in [4.78, 5) is 23.6. The molecule has 2 rings (SSSR count). The summed E-state index contributed by atoms with van der Waals surface area (Å²) in [6, 6.07) is 16.3. The Kier molecular flexibility index (Phi) is 4.49. The van der Waals surface area contributed by atoms with Gasteiger partial charge in [0, 0.05) is 11.4 Å². The van der Waals surface area contributed by atoms with Crippen LogP contribution in [0.25, 0.3) is 0 Å². The standard InChI is InChI=1S/C16H10N4O2/c17-9-11-3-1-5-13(7-11)19-15(21)16(22)20-14-6-2-4-12(8-14)10-18/h1-8H,(H,19,21)(H,20,22). The Morgan fingerprint density at radius 1 is 0.773 bits per heavy atom. The number of hydrogen-bond acceptors (Lipinski definition) is 4. The molecule has 2 amide bonds. The maximum absolute atomic E-state index is 11.8. The van der Waals surface area contributed by atoms with Crippen molar-refractivity contribution in [3.05, 3.63) is 59.7 Å². The highest BCUT2D eigenvalue weighted by Gasteiger charge is 2.14. The van der Waals surface area contributed by atoms with E-state index in [0.717, 1.165) is 0 Å². The second-order valence-electron chi connectivity index (χ2n) is 4.29. The summed E-state index contributed by atoms with van der Waals surface area (Å²) in [6.45, 7) is 0. The molecule has 0 aliphatic heterocycles. The molecule has 0 saturated heterocycles. The summed E-state index contributed by atoms with van der Waals surface area (Å²) in [7, 11) is 0. The van der Waals surface area contributed by atoms with Crippen LogP contribution in [0.5, 0.6) is 0 Å². The Labute approximate surface area is 126 Å². The Morgan fingerprint density at radius 2 is 1.18 bits per heavy atom. The average Bonchev–Trinajstić information content (AvgIpc) is 2.55. The molecule has 2 aromatic rings. The van der Waals surface area contributed by atoms with Crippen molar-refractivity contribution in [1.82, 2.24) is 0 Å². The molecule has 0 spiro atoms. The van der Waals surface area contributed by atoms with Crippen molar-refractivity contribution in [1.29, 1.82) is 10.5 Å². The van der Waals surface area contributed by atoms with Gasteiger partial charge in [-0.25, -0.2) is 0 Å². The van der Waals surface area contributed by atoms with Crippen molar-refractivity contribution < 1.29 is 9.59 Å². The number of amides is 2. The zero-order chi connectivity index (χ0) is 15.9. The fourth-order valence-electron chi connectivity index (χ4n) is 1.71. The predicted molar refractivity (Wildman–Crippen MR) is 79.6 cm³/mol. The number of hydrogen-bond donors (Lipinski definition) is 2. The van der Waals surface area contributed by atoms with Crippen LogP contribution >= 0.6 is 0 Å². The molecular formula is C16H10N4O2. The Bertz CT molecular complexity index is 746. The van der Waals surface area contributed by atoms with Gasteiger partial charge in [-0.3, -0.25) is 9.59 Å². The normalized spacial score (nSPS) is 9.18. The van der Waals surface area contributed by atoms with E-state index < -0.39 is 11.8 Å². The van der Waals surface area contributed by atoms with E-state index in [4.69, 9.17) is 10.5 Å². The van der Waals surface area contributed by atoms with Crippen LogP contribution in [0.2, 0.25) is 0 Å². The summed E-state index contributed by atoms with van der Waals surface area (Å²) in [5, 5.41) is 22.4. The minimum atomic E-state index is -0.863. The SMILES string of the molecule is N#Cc1cccc(NC(=O)C(=O)Nc2cccc(C#N)c2)c1. The van der Waals surface area contributed by atoms with Gasteiger partial charge in [0.2, 0.25) is 0 Å². The molecule has 0 radical (unpaired) electrons. The number of anilines is 2. The number of benzene rings is 2.